The number of hydrogen-bond acceptors (Lipinski definition) is 4. The lowest BCUT2D eigenvalue weighted by molar-refractivity contribution is -0.131. The van der Waals surface area contributed by atoms with Gasteiger partial charge in [0.1, 0.15) is 0 Å². The van der Waals surface area contributed by atoms with Gasteiger partial charge in [-0.1, -0.05) is 18.3 Å². The first kappa shape index (κ1) is 13.7. The summed E-state index contributed by atoms with van der Waals surface area (Å²) < 4.78 is 0. The molecule has 1 aromatic heterocycles. The Morgan fingerprint density at radius 3 is 2.53 bits per heavy atom. The van der Waals surface area contributed by atoms with Crippen LogP contribution in [-0.4, -0.2) is 29.1 Å². The van der Waals surface area contributed by atoms with Crippen molar-refractivity contribution in [2.24, 2.45) is 0 Å². The maximum atomic E-state index is 10.5. The van der Waals surface area contributed by atoms with Gasteiger partial charge < -0.3 is 10.0 Å². The van der Waals surface area contributed by atoms with Crippen molar-refractivity contribution in [3.05, 3.63) is 16.6 Å². The Labute approximate surface area is 106 Å². The third-order valence-electron chi connectivity index (χ3n) is 2.46. The van der Waals surface area contributed by atoms with Crippen LogP contribution < -0.4 is 4.90 Å². The Morgan fingerprint density at radius 1 is 1.41 bits per heavy atom. The molecule has 4 nitrogen and oxygen atoms in total. The molecule has 0 atom stereocenters. The van der Waals surface area contributed by atoms with Crippen LogP contribution in [0.15, 0.2) is 6.08 Å². The maximum absolute atomic E-state index is 10.5. The van der Waals surface area contributed by atoms with Gasteiger partial charge >= 0.3 is 5.97 Å². The van der Waals surface area contributed by atoms with E-state index in [4.69, 9.17) is 5.11 Å². The summed E-state index contributed by atoms with van der Waals surface area (Å²) in [5.74, 6) is -0.926. The highest BCUT2D eigenvalue weighted by Crippen LogP contribution is 2.27. The van der Waals surface area contributed by atoms with Crippen LogP contribution in [0.4, 0.5) is 5.13 Å². The first-order valence-electron chi connectivity index (χ1n) is 5.77. The van der Waals surface area contributed by atoms with Crippen molar-refractivity contribution in [3.63, 3.8) is 0 Å². The lowest BCUT2D eigenvalue weighted by Crippen LogP contribution is -2.21. The zero-order valence-corrected chi connectivity index (χ0v) is 11.3. The number of nitrogens with zero attached hydrogens (tertiary/aromatic N) is 2. The number of thiazole rings is 1. The minimum absolute atomic E-state index is 0.817. The van der Waals surface area contributed by atoms with E-state index in [0.717, 1.165) is 35.2 Å². The summed E-state index contributed by atoms with van der Waals surface area (Å²) >= 11 is 1.55. The predicted molar refractivity (Wildman–Crippen MR) is 71.7 cm³/mol. The molecule has 1 heterocycles. The smallest absolute Gasteiger partial charge is 0.328 e. The molecule has 94 valence electrons. The molecule has 1 aromatic rings. The summed E-state index contributed by atoms with van der Waals surface area (Å²) in [5.41, 5.74) is 0.967. The van der Waals surface area contributed by atoms with Gasteiger partial charge in [0.15, 0.2) is 5.13 Å². The van der Waals surface area contributed by atoms with Gasteiger partial charge in [-0.2, -0.15) is 0 Å². The Hall–Kier alpha value is -1.36. The third kappa shape index (κ3) is 3.56. The van der Waals surface area contributed by atoms with Crippen LogP contribution in [-0.2, 0) is 11.2 Å². The predicted octanol–water partition coefficient (Wildman–Crippen LogP) is 2.65. The first-order chi connectivity index (χ1) is 8.12. The molecule has 1 rings (SSSR count). The summed E-state index contributed by atoms with van der Waals surface area (Å²) in [6, 6.07) is 0. The summed E-state index contributed by atoms with van der Waals surface area (Å²) in [6.45, 7) is 8.02. The van der Waals surface area contributed by atoms with E-state index in [1.165, 1.54) is 6.08 Å². The maximum Gasteiger partial charge on any atom is 0.328 e. The number of anilines is 1. The molecule has 0 spiro atoms. The highest BCUT2D eigenvalue weighted by molar-refractivity contribution is 7.16. The second kappa shape index (κ2) is 6.39. The summed E-state index contributed by atoms with van der Waals surface area (Å²) in [6.07, 6.45) is 3.61. The molecule has 0 saturated carbocycles. The van der Waals surface area contributed by atoms with E-state index in [9.17, 15) is 4.79 Å². The van der Waals surface area contributed by atoms with Gasteiger partial charge in [0.25, 0.3) is 0 Å². The van der Waals surface area contributed by atoms with Gasteiger partial charge in [0.2, 0.25) is 0 Å². The lowest BCUT2D eigenvalue weighted by Gasteiger charge is -2.16. The monoisotopic (exact) mass is 254 g/mol. The van der Waals surface area contributed by atoms with Crippen LogP contribution >= 0.6 is 11.3 Å². The van der Waals surface area contributed by atoms with E-state index in [1.807, 2.05) is 6.92 Å². The van der Waals surface area contributed by atoms with Crippen molar-refractivity contribution in [3.8, 4) is 0 Å². The van der Waals surface area contributed by atoms with Gasteiger partial charge in [-0.3, -0.25) is 0 Å². The van der Waals surface area contributed by atoms with E-state index >= 15 is 0 Å². The second-order valence-corrected chi connectivity index (χ2v) is 4.51. The molecule has 0 amide bonds. The number of aromatic nitrogens is 1. The zero-order valence-electron chi connectivity index (χ0n) is 10.4. The van der Waals surface area contributed by atoms with E-state index in [2.05, 4.69) is 23.7 Å². The molecular formula is C12H18N2O2S. The number of carboxylic acids is 1. The molecule has 0 saturated heterocycles. The van der Waals surface area contributed by atoms with Crippen molar-refractivity contribution in [1.82, 2.24) is 4.98 Å². The quantitative estimate of drug-likeness (QED) is 0.793. The van der Waals surface area contributed by atoms with Crippen molar-refractivity contribution in [2.75, 3.05) is 18.0 Å². The fourth-order valence-corrected chi connectivity index (χ4v) is 2.69. The molecule has 0 aliphatic heterocycles. The third-order valence-corrected chi connectivity index (χ3v) is 3.59. The topological polar surface area (TPSA) is 53.4 Å². The minimum Gasteiger partial charge on any atom is -0.478 e. The molecule has 5 heteroatoms. The van der Waals surface area contributed by atoms with Gasteiger partial charge in [-0.05, 0) is 26.3 Å². The molecule has 0 fully saturated rings. The minimum atomic E-state index is -0.926. The number of hydrogen-bond donors (Lipinski definition) is 1. The van der Waals surface area contributed by atoms with Gasteiger partial charge in [-0.25, -0.2) is 9.78 Å². The fraction of sp³-hybridized carbons (Fsp3) is 0.500. The molecule has 0 aromatic carbocycles. The van der Waals surface area contributed by atoms with Crippen LogP contribution in [0, 0.1) is 0 Å². The van der Waals surface area contributed by atoms with Crippen molar-refractivity contribution in [1.29, 1.82) is 0 Å². The molecular weight excluding hydrogens is 236 g/mol. The number of aliphatic carboxylic acids is 1. The van der Waals surface area contributed by atoms with Gasteiger partial charge in [-0.15, -0.1) is 0 Å². The Balaban J connectivity index is 3.01. The molecule has 17 heavy (non-hydrogen) atoms. The standard InChI is InChI=1S/C12H18N2O2S/c1-4-9-10(7-8-11(15)16)17-12(13-9)14(5-2)6-3/h7-8H,4-6H2,1-3H3,(H,15,16)/b8-7+. The molecule has 1 N–H and O–H groups in total. The average molecular weight is 254 g/mol. The first-order valence-corrected chi connectivity index (χ1v) is 6.59. The Morgan fingerprint density at radius 2 is 2.06 bits per heavy atom. The Bertz CT molecular complexity index is 409. The SMILES string of the molecule is CCc1nc(N(CC)CC)sc1/C=C/C(=O)O. The van der Waals surface area contributed by atoms with E-state index < -0.39 is 5.97 Å². The number of rotatable bonds is 6. The van der Waals surface area contributed by atoms with Crippen molar-refractivity contribution >= 4 is 28.5 Å². The molecule has 0 unspecified atom stereocenters. The van der Waals surface area contributed by atoms with Crippen molar-refractivity contribution < 1.29 is 9.90 Å². The normalized spacial score (nSPS) is 11.0. The number of carboxylic acid groups (broad SMARTS) is 1. The molecule has 0 aliphatic carbocycles. The molecule has 0 bridgehead atoms. The zero-order chi connectivity index (χ0) is 12.8. The average Bonchev–Trinajstić information content (AvgIpc) is 2.71. The summed E-state index contributed by atoms with van der Waals surface area (Å²) in [4.78, 5) is 18.2. The van der Waals surface area contributed by atoms with Crippen molar-refractivity contribution in [2.45, 2.75) is 27.2 Å². The second-order valence-electron chi connectivity index (χ2n) is 3.50. The lowest BCUT2D eigenvalue weighted by atomic mass is 10.3. The van der Waals surface area contributed by atoms with Crippen LogP contribution in [0.5, 0.6) is 0 Å². The largest absolute Gasteiger partial charge is 0.478 e. The van der Waals surface area contributed by atoms with E-state index in [1.54, 1.807) is 17.4 Å². The number of aryl methyl sites for hydroxylation is 1. The highest BCUT2D eigenvalue weighted by Gasteiger charge is 2.11. The van der Waals surface area contributed by atoms with Crippen LogP contribution in [0.1, 0.15) is 31.3 Å². The Kier molecular flexibility index (Phi) is 5.15. The fourth-order valence-electron chi connectivity index (χ4n) is 1.51. The van der Waals surface area contributed by atoms with Crippen LogP contribution in [0.2, 0.25) is 0 Å². The van der Waals surface area contributed by atoms with Crippen LogP contribution in [0.3, 0.4) is 0 Å². The summed E-state index contributed by atoms with van der Waals surface area (Å²) in [5, 5.41) is 9.60. The van der Waals surface area contributed by atoms with E-state index in [0.29, 0.717) is 0 Å². The van der Waals surface area contributed by atoms with Crippen LogP contribution in [0.25, 0.3) is 6.08 Å². The van der Waals surface area contributed by atoms with E-state index in [-0.39, 0.29) is 0 Å². The number of carbonyl (C=O) groups is 1. The van der Waals surface area contributed by atoms with Gasteiger partial charge in [0.05, 0.1) is 10.6 Å². The highest BCUT2D eigenvalue weighted by atomic mass is 32.1. The van der Waals surface area contributed by atoms with Gasteiger partial charge in [0, 0.05) is 19.2 Å². The molecule has 0 radical (unpaired) electrons. The summed E-state index contributed by atoms with van der Waals surface area (Å²) in [7, 11) is 0. The molecule has 0 aliphatic rings.